The van der Waals surface area contributed by atoms with Crippen molar-refractivity contribution in [3.05, 3.63) is 0 Å². The maximum absolute atomic E-state index is 11.5. The monoisotopic (exact) mass is 312 g/mol. The van der Waals surface area contributed by atoms with Crippen molar-refractivity contribution in [2.45, 2.75) is 64.0 Å². The molecule has 0 aromatic carbocycles. The van der Waals surface area contributed by atoms with Gasteiger partial charge in [-0.1, -0.05) is 48.0 Å². The van der Waals surface area contributed by atoms with Crippen LogP contribution in [0.2, 0.25) is 0 Å². The second-order valence-corrected chi connectivity index (χ2v) is 8.05. The van der Waals surface area contributed by atoms with Crippen molar-refractivity contribution < 1.29 is 8.42 Å². The molecule has 0 saturated heterocycles. The SMILES string of the molecule is CC(C)S(=O)(=O)CCCCCCCCCBr. The highest BCUT2D eigenvalue weighted by atomic mass is 79.9. The van der Waals surface area contributed by atoms with Gasteiger partial charge in [0.1, 0.15) is 0 Å². The van der Waals surface area contributed by atoms with Crippen molar-refractivity contribution in [2.75, 3.05) is 11.1 Å². The lowest BCUT2D eigenvalue weighted by molar-refractivity contribution is 0.573. The van der Waals surface area contributed by atoms with E-state index in [0.29, 0.717) is 5.75 Å². The number of sulfone groups is 1. The van der Waals surface area contributed by atoms with E-state index >= 15 is 0 Å². The van der Waals surface area contributed by atoms with Crippen molar-refractivity contribution in [2.24, 2.45) is 0 Å². The molecule has 0 amide bonds. The van der Waals surface area contributed by atoms with Gasteiger partial charge in [0.2, 0.25) is 0 Å². The quantitative estimate of drug-likeness (QED) is 0.452. The van der Waals surface area contributed by atoms with Crippen LogP contribution in [0.15, 0.2) is 0 Å². The third-order valence-electron chi connectivity index (χ3n) is 2.78. The molecular formula is C12H25BrO2S. The van der Waals surface area contributed by atoms with Crippen molar-refractivity contribution in [3.8, 4) is 0 Å². The van der Waals surface area contributed by atoms with Crippen molar-refractivity contribution in [1.82, 2.24) is 0 Å². The van der Waals surface area contributed by atoms with Gasteiger partial charge in [0.15, 0.2) is 9.84 Å². The normalized spacial score (nSPS) is 12.2. The second kappa shape index (κ2) is 9.46. The van der Waals surface area contributed by atoms with E-state index in [2.05, 4.69) is 15.9 Å². The Morgan fingerprint density at radius 1 is 0.875 bits per heavy atom. The van der Waals surface area contributed by atoms with Gasteiger partial charge in [0.25, 0.3) is 0 Å². The molecule has 0 radical (unpaired) electrons. The van der Waals surface area contributed by atoms with E-state index in [1.807, 2.05) is 0 Å². The van der Waals surface area contributed by atoms with Crippen LogP contribution in [0.4, 0.5) is 0 Å². The number of alkyl halides is 1. The summed E-state index contributed by atoms with van der Waals surface area (Å²) in [6, 6.07) is 0. The fraction of sp³-hybridized carbons (Fsp3) is 1.00. The molecule has 0 aliphatic heterocycles. The molecule has 2 nitrogen and oxygen atoms in total. The number of rotatable bonds is 10. The summed E-state index contributed by atoms with van der Waals surface area (Å²) in [6.45, 7) is 3.52. The number of halogens is 1. The van der Waals surface area contributed by atoms with Crippen LogP contribution in [-0.2, 0) is 9.84 Å². The number of hydrogen-bond donors (Lipinski definition) is 0. The van der Waals surface area contributed by atoms with Gasteiger partial charge in [0, 0.05) is 5.33 Å². The summed E-state index contributed by atoms with van der Waals surface area (Å²) in [5, 5.41) is 0.881. The van der Waals surface area contributed by atoms with Crippen molar-refractivity contribution in [3.63, 3.8) is 0 Å². The molecule has 0 heterocycles. The molecule has 0 saturated carbocycles. The van der Waals surface area contributed by atoms with E-state index < -0.39 is 9.84 Å². The molecule has 0 aliphatic carbocycles. The van der Waals surface area contributed by atoms with Crippen LogP contribution in [0.3, 0.4) is 0 Å². The van der Waals surface area contributed by atoms with Gasteiger partial charge in [-0.3, -0.25) is 0 Å². The molecule has 0 atom stereocenters. The minimum absolute atomic E-state index is 0.216. The molecule has 16 heavy (non-hydrogen) atoms. The van der Waals surface area contributed by atoms with Gasteiger partial charge >= 0.3 is 0 Å². The zero-order valence-corrected chi connectivity index (χ0v) is 12.9. The van der Waals surface area contributed by atoms with Crippen molar-refractivity contribution >= 4 is 25.8 Å². The highest BCUT2D eigenvalue weighted by Crippen LogP contribution is 2.10. The molecule has 0 N–H and O–H groups in total. The Balaban J connectivity index is 3.34. The summed E-state index contributed by atoms with van der Waals surface area (Å²) in [7, 11) is -2.81. The highest BCUT2D eigenvalue weighted by Gasteiger charge is 2.14. The Kier molecular flexibility index (Phi) is 9.71. The van der Waals surface area contributed by atoms with E-state index in [0.717, 1.165) is 18.2 Å². The Morgan fingerprint density at radius 2 is 1.31 bits per heavy atom. The van der Waals surface area contributed by atoms with Crippen LogP contribution in [-0.4, -0.2) is 24.8 Å². The molecule has 0 spiro atoms. The topological polar surface area (TPSA) is 34.1 Å². The molecule has 0 aromatic heterocycles. The Bertz CT molecular complexity index is 248. The first kappa shape index (κ1) is 16.4. The van der Waals surface area contributed by atoms with Crippen molar-refractivity contribution in [1.29, 1.82) is 0 Å². The Hall–Kier alpha value is 0.430. The predicted molar refractivity (Wildman–Crippen MR) is 75.0 cm³/mol. The van der Waals surface area contributed by atoms with E-state index in [9.17, 15) is 8.42 Å². The third-order valence-corrected chi connectivity index (χ3v) is 5.64. The van der Waals surface area contributed by atoms with Gasteiger partial charge < -0.3 is 0 Å². The average Bonchev–Trinajstić information content (AvgIpc) is 2.21. The predicted octanol–water partition coefficient (Wildman–Crippen LogP) is 3.94. The molecule has 0 aromatic rings. The summed E-state index contributed by atoms with van der Waals surface area (Å²) in [4.78, 5) is 0. The highest BCUT2D eigenvalue weighted by molar-refractivity contribution is 9.09. The molecule has 98 valence electrons. The van der Waals surface area contributed by atoms with Crippen LogP contribution in [0.25, 0.3) is 0 Å². The molecule has 4 heteroatoms. The molecule has 0 fully saturated rings. The van der Waals surface area contributed by atoms with E-state index in [4.69, 9.17) is 0 Å². The van der Waals surface area contributed by atoms with Crippen LogP contribution < -0.4 is 0 Å². The summed E-state index contributed by atoms with van der Waals surface area (Å²) in [5.41, 5.74) is 0. The van der Waals surface area contributed by atoms with E-state index in [1.165, 1.54) is 32.1 Å². The first-order valence-electron chi connectivity index (χ1n) is 6.28. The molecular weight excluding hydrogens is 288 g/mol. The zero-order valence-electron chi connectivity index (χ0n) is 10.5. The lowest BCUT2D eigenvalue weighted by Crippen LogP contribution is -2.17. The largest absolute Gasteiger partial charge is 0.229 e. The third kappa shape index (κ3) is 8.57. The summed E-state index contributed by atoms with van der Waals surface area (Å²) in [6.07, 6.45) is 8.13. The van der Waals surface area contributed by atoms with Gasteiger partial charge in [-0.15, -0.1) is 0 Å². The standard InChI is InChI=1S/C12H25BrO2S/c1-12(2)16(14,15)11-9-7-5-3-4-6-8-10-13/h12H,3-11H2,1-2H3. The van der Waals surface area contributed by atoms with Crippen LogP contribution in [0, 0.1) is 0 Å². The average molecular weight is 313 g/mol. The number of unbranched alkanes of at least 4 members (excludes halogenated alkanes) is 6. The van der Waals surface area contributed by atoms with Crippen LogP contribution >= 0.6 is 15.9 Å². The van der Waals surface area contributed by atoms with Gasteiger partial charge in [0.05, 0.1) is 11.0 Å². The summed E-state index contributed by atoms with van der Waals surface area (Å²) in [5.74, 6) is 0.367. The maximum Gasteiger partial charge on any atom is 0.152 e. The lowest BCUT2D eigenvalue weighted by Gasteiger charge is -2.07. The smallest absolute Gasteiger partial charge is 0.152 e. The van der Waals surface area contributed by atoms with Crippen LogP contribution in [0.1, 0.15) is 58.8 Å². The maximum atomic E-state index is 11.5. The van der Waals surface area contributed by atoms with Gasteiger partial charge in [-0.05, 0) is 26.7 Å². The van der Waals surface area contributed by atoms with E-state index in [1.54, 1.807) is 13.8 Å². The second-order valence-electron chi connectivity index (χ2n) is 4.58. The molecule has 0 unspecified atom stereocenters. The Morgan fingerprint density at radius 3 is 1.75 bits per heavy atom. The Labute approximate surface area is 109 Å². The zero-order chi connectivity index (χ0) is 12.4. The minimum atomic E-state index is -2.81. The minimum Gasteiger partial charge on any atom is -0.229 e. The lowest BCUT2D eigenvalue weighted by atomic mass is 10.1. The number of hydrogen-bond acceptors (Lipinski definition) is 2. The molecule has 0 bridgehead atoms. The summed E-state index contributed by atoms with van der Waals surface area (Å²) >= 11 is 3.41. The first-order chi connectivity index (χ1) is 7.50. The first-order valence-corrected chi connectivity index (χ1v) is 9.12. The van der Waals surface area contributed by atoms with Crippen LogP contribution in [0.5, 0.6) is 0 Å². The molecule has 0 rings (SSSR count). The fourth-order valence-electron chi connectivity index (χ4n) is 1.52. The van der Waals surface area contributed by atoms with Gasteiger partial charge in [-0.25, -0.2) is 8.42 Å². The fourth-order valence-corrected chi connectivity index (χ4v) is 2.99. The van der Waals surface area contributed by atoms with Gasteiger partial charge in [-0.2, -0.15) is 0 Å². The summed E-state index contributed by atoms with van der Waals surface area (Å²) < 4.78 is 23.0. The molecule has 0 aliphatic rings. The van der Waals surface area contributed by atoms with E-state index in [-0.39, 0.29) is 5.25 Å².